The van der Waals surface area contributed by atoms with Crippen molar-refractivity contribution in [2.75, 3.05) is 31.5 Å². The molecule has 3 rings (SSSR count). The largest absolute Gasteiger partial charge is 0.306 e. The number of aryl methyl sites for hydroxylation is 1. The van der Waals surface area contributed by atoms with E-state index in [9.17, 15) is 8.42 Å². The predicted molar refractivity (Wildman–Crippen MR) is 119 cm³/mol. The van der Waals surface area contributed by atoms with Crippen molar-refractivity contribution in [3.8, 4) is 0 Å². The van der Waals surface area contributed by atoms with Gasteiger partial charge in [-0.05, 0) is 73.7 Å². The number of hydrogen-bond donors (Lipinski definition) is 0. The fourth-order valence-electron chi connectivity index (χ4n) is 3.52. The molecule has 0 atom stereocenters. The zero-order valence-corrected chi connectivity index (χ0v) is 18.7. The number of fused-ring (bicyclic) bond motifs is 1. The first-order valence-electron chi connectivity index (χ1n) is 9.80. The van der Waals surface area contributed by atoms with Crippen molar-refractivity contribution in [2.24, 2.45) is 0 Å². The molecule has 6 heteroatoms. The predicted octanol–water partition coefficient (Wildman–Crippen LogP) is 4.31. The van der Waals surface area contributed by atoms with Gasteiger partial charge in [-0.1, -0.05) is 31.5 Å². The van der Waals surface area contributed by atoms with E-state index in [1.165, 1.54) is 15.4 Å². The molecule has 0 aromatic heterocycles. The molecule has 2 aromatic carbocycles. The van der Waals surface area contributed by atoms with Gasteiger partial charge in [-0.25, -0.2) is 8.42 Å². The Kier molecular flexibility index (Phi) is 7.93. The highest BCUT2D eigenvalue weighted by molar-refractivity contribution is 7.92. The number of unbranched alkanes of at least 4 members (excludes halogenated alkanes) is 1. The molecule has 0 saturated heterocycles. The minimum absolute atomic E-state index is 0. The van der Waals surface area contributed by atoms with Gasteiger partial charge in [-0.2, -0.15) is 0 Å². The molecule has 4 nitrogen and oxygen atoms in total. The SMILES string of the molecule is CCCCc1ccc(N(C)S(=O)(=O)c2ccc3c(c2)CCN(C)CC3)cc1.Cl. The molecular formula is C22H31ClN2O2S. The first-order valence-corrected chi connectivity index (χ1v) is 11.2. The van der Waals surface area contributed by atoms with Gasteiger partial charge in [0, 0.05) is 20.1 Å². The van der Waals surface area contributed by atoms with E-state index in [1.54, 1.807) is 13.1 Å². The molecule has 0 radical (unpaired) electrons. The average Bonchev–Trinajstić information content (AvgIpc) is 2.87. The Morgan fingerprint density at radius 2 is 1.64 bits per heavy atom. The van der Waals surface area contributed by atoms with Crippen molar-refractivity contribution in [3.05, 3.63) is 59.2 Å². The molecule has 1 heterocycles. The molecule has 0 saturated carbocycles. The van der Waals surface area contributed by atoms with Gasteiger partial charge >= 0.3 is 0 Å². The van der Waals surface area contributed by atoms with Gasteiger partial charge in [0.15, 0.2) is 0 Å². The second-order valence-corrected chi connectivity index (χ2v) is 9.45. The van der Waals surface area contributed by atoms with Crippen LogP contribution in [0.25, 0.3) is 0 Å². The lowest BCUT2D eigenvalue weighted by Gasteiger charge is -2.21. The molecule has 0 aliphatic carbocycles. The van der Waals surface area contributed by atoms with Crippen LogP contribution in [0.1, 0.15) is 36.5 Å². The summed E-state index contributed by atoms with van der Waals surface area (Å²) in [6.07, 6.45) is 5.21. The van der Waals surface area contributed by atoms with E-state index < -0.39 is 10.0 Å². The molecule has 1 aliphatic rings. The summed E-state index contributed by atoms with van der Waals surface area (Å²) in [4.78, 5) is 2.67. The maximum Gasteiger partial charge on any atom is 0.264 e. The summed E-state index contributed by atoms with van der Waals surface area (Å²) < 4.78 is 27.7. The molecule has 0 amide bonds. The standard InChI is InChI=1S/C22H30N2O2S.ClH/c1-4-5-6-18-7-10-21(11-8-18)24(3)27(25,26)22-12-9-19-13-15-23(2)16-14-20(19)17-22;/h7-12,17H,4-6,13-16H2,1-3H3;1H. The number of nitrogens with zero attached hydrogens (tertiary/aromatic N) is 2. The summed E-state index contributed by atoms with van der Waals surface area (Å²) in [7, 11) is 0.186. The summed E-state index contributed by atoms with van der Waals surface area (Å²) in [6, 6.07) is 13.5. The van der Waals surface area contributed by atoms with Crippen LogP contribution in [0.3, 0.4) is 0 Å². The highest BCUT2D eigenvalue weighted by atomic mass is 35.5. The third kappa shape index (κ3) is 5.07. The van der Waals surface area contributed by atoms with Crippen molar-refractivity contribution in [1.82, 2.24) is 4.90 Å². The molecule has 0 N–H and O–H groups in total. The summed E-state index contributed by atoms with van der Waals surface area (Å²) in [5.41, 5.74) is 4.37. The Balaban J connectivity index is 0.00000280. The molecule has 28 heavy (non-hydrogen) atoms. The zero-order valence-electron chi connectivity index (χ0n) is 17.0. The van der Waals surface area contributed by atoms with Crippen LogP contribution in [0.15, 0.2) is 47.4 Å². The number of likely N-dealkylation sites (N-methyl/N-ethyl adjacent to an activating group) is 1. The van der Waals surface area contributed by atoms with E-state index >= 15 is 0 Å². The Morgan fingerprint density at radius 1 is 1.00 bits per heavy atom. The van der Waals surface area contributed by atoms with E-state index in [4.69, 9.17) is 0 Å². The van der Waals surface area contributed by atoms with Gasteiger partial charge in [0.1, 0.15) is 0 Å². The number of halogens is 1. The summed E-state index contributed by atoms with van der Waals surface area (Å²) in [6.45, 7) is 4.16. The van der Waals surface area contributed by atoms with Crippen LogP contribution in [0, 0.1) is 0 Å². The van der Waals surface area contributed by atoms with Gasteiger partial charge in [0.05, 0.1) is 10.6 Å². The zero-order chi connectivity index (χ0) is 19.4. The van der Waals surface area contributed by atoms with Crippen LogP contribution in [0.4, 0.5) is 5.69 Å². The molecule has 1 aliphatic heterocycles. The smallest absolute Gasteiger partial charge is 0.264 e. The number of hydrogen-bond acceptors (Lipinski definition) is 3. The number of anilines is 1. The summed E-state index contributed by atoms with van der Waals surface area (Å²) in [5.74, 6) is 0. The Hall–Kier alpha value is -1.56. The second kappa shape index (κ2) is 9.77. The first-order chi connectivity index (χ1) is 12.9. The fraction of sp³-hybridized carbons (Fsp3) is 0.455. The van der Waals surface area contributed by atoms with Crippen molar-refractivity contribution in [1.29, 1.82) is 0 Å². The quantitative estimate of drug-likeness (QED) is 0.696. The van der Waals surface area contributed by atoms with Gasteiger partial charge in [0.25, 0.3) is 10.0 Å². The molecule has 2 aromatic rings. The van der Waals surface area contributed by atoms with E-state index in [-0.39, 0.29) is 12.4 Å². The van der Waals surface area contributed by atoms with Crippen LogP contribution in [0.2, 0.25) is 0 Å². The lowest BCUT2D eigenvalue weighted by atomic mass is 10.0. The van der Waals surface area contributed by atoms with Crippen LogP contribution in [-0.2, 0) is 29.3 Å². The van der Waals surface area contributed by atoms with Crippen molar-refractivity contribution in [2.45, 2.75) is 43.9 Å². The monoisotopic (exact) mass is 422 g/mol. The van der Waals surface area contributed by atoms with E-state index in [0.29, 0.717) is 10.6 Å². The van der Waals surface area contributed by atoms with Crippen LogP contribution in [-0.4, -0.2) is 40.5 Å². The maximum absolute atomic E-state index is 13.1. The molecule has 0 fully saturated rings. The fourth-order valence-corrected chi connectivity index (χ4v) is 4.77. The molecule has 0 bridgehead atoms. The topological polar surface area (TPSA) is 40.6 Å². The third-order valence-electron chi connectivity index (χ3n) is 5.48. The number of sulfonamides is 1. The third-order valence-corrected chi connectivity index (χ3v) is 7.26. The Bertz CT molecular complexity index is 882. The maximum atomic E-state index is 13.1. The summed E-state index contributed by atoms with van der Waals surface area (Å²) in [5, 5.41) is 0. The molecule has 0 spiro atoms. The normalized spacial score (nSPS) is 14.7. The van der Waals surface area contributed by atoms with Gasteiger partial charge < -0.3 is 4.90 Å². The second-order valence-electron chi connectivity index (χ2n) is 7.48. The van der Waals surface area contributed by atoms with Crippen molar-refractivity contribution < 1.29 is 8.42 Å². The van der Waals surface area contributed by atoms with Gasteiger partial charge in [-0.15, -0.1) is 12.4 Å². The van der Waals surface area contributed by atoms with Gasteiger partial charge in [-0.3, -0.25) is 4.31 Å². The van der Waals surface area contributed by atoms with Crippen LogP contribution >= 0.6 is 12.4 Å². The number of benzene rings is 2. The van der Waals surface area contributed by atoms with Gasteiger partial charge in [0.2, 0.25) is 0 Å². The molecule has 154 valence electrons. The highest BCUT2D eigenvalue weighted by Gasteiger charge is 2.23. The van der Waals surface area contributed by atoms with Crippen LogP contribution in [0.5, 0.6) is 0 Å². The lowest BCUT2D eigenvalue weighted by Crippen LogP contribution is -2.26. The van der Waals surface area contributed by atoms with E-state index in [1.807, 2.05) is 36.4 Å². The summed E-state index contributed by atoms with van der Waals surface area (Å²) >= 11 is 0. The Morgan fingerprint density at radius 3 is 2.29 bits per heavy atom. The van der Waals surface area contributed by atoms with E-state index in [2.05, 4.69) is 18.9 Å². The minimum atomic E-state index is -3.56. The average molecular weight is 423 g/mol. The van der Waals surface area contributed by atoms with Crippen molar-refractivity contribution >= 4 is 28.1 Å². The van der Waals surface area contributed by atoms with Crippen molar-refractivity contribution in [3.63, 3.8) is 0 Å². The van der Waals surface area contributed by atoms with E-state index in [0.717, 1.165) is 50.8 Å². The molecule has 0 unspecified atom stereocenters. The minimum Gasteiger partial charge on any atom is -0.306 e. The lowest BCUT2D eigenvalue weighted by molar-refractivity contribution is 0.352. The van der Waals surface area contributed by atoms with Crippen LogP contribution < -0.4 is 4.31 Å². The molecular weight excluding hydrogens is 392 g/mol. The Labute approximate surface area is 176 Å². The highest BCUT2D eigenvalue weighted by Crippen LogP contribution is 2.26. The first kappa shape index (κ1) is 22.7. The number of rotatable bonds is 6.